The molecule has 0 unspecified atom stereocenters. The van der Waals surface area contributed by atoms with Gasteiger partial charge in [-0.15, -0.1) is 0 Å². The minimum atomic E-state index is -0.488. The number of nitrogens with zero attached hydrogens (tertiary/aromatic N) is 1. The fourth-order valence-corrected chi connectivity index (χ4v) is 2.96. The first-order chi connectivity index (χ1) is 12.3. The number of phenols is 1. The first-order valence-corrected chi connectivity index (χ1v) is 9.32. The molecule has 0 fully saturated rings. The van der Waals surface area contributed by atoms with Gasteiger partial charge in [0, 0.05) is 21.1 Å². The molecule has 26 heavy (non-hydrogen) atoms. The maximum absolute atomic E-state index is 11.8. The van der Waals surface area contributed by atoms with Crippen molar-refractivity contribution in [3.05, 3.63) is 48.8 Å². The molecule has 1 amide bonds. The van der Waals surface area contributed by atoms with E-state index in [1.807, 2.05) is 0 Å². The van der Waals surface area contributed by atoms with Crippen LogP contribution in [0.2, 0.25) is 10.0 Å². The first kappa shape index (κ1) is 20.8. The molecular weight excluding hydrogens is 515 g/mol. The lowest BCUT2D eigenvalue weighted by atomic mass is 10.2. The third-order valence-corrected chi connectivity index (χ3v) is 5.74. The minimum absolute atomic E-state index is 0.0487. The van der Waals surface area contributed by atoms with Gasteiger partial charge in [-0.05, 0) is 50.1 Å². The van der Waals surface area contributed by atoms with Crippen LogP contribution in [0.5, 0.6) is 17.2 Å². The number of nitrogens with one attached hydrogen (secondary N) is 1. The van der Waals surface area contributed by atoms with Gasteiger partial charge in [0.2, 0.25) is 0 Å². The number of benzene rings is 2. The van der Waals surface area contributed by atoms with Crippen LogP contribution in [-0.2, 0) is 4.79 Å². The summed E-state index contributed by atoms with van der Waals surface area (Å²) in [6.45, 7) is -0.291. The average molecular weight is 527 g/mol. The predicted octanol–water partition coefficient (Wildman–Crippen LogP) is 4.76. The van der Waals surface area contributed by atoms with Crippen molar-refractivity contribution in [2.75, 3.05) is 13.7 Å². The minimum Gasteiger partial charge on any atom is -0.503 e. The molecule has 0 heterocycles. The number of rotatable bonds is 6. The quantitative estimate of drug-likeness (QED) is 0.420. The van der Waals surface area contributed by atoms with E-state index < -0.39 is 5.91 Å². The van der Waals surface area contributed by atoms with E-state index in [9.17, 15) is 9.90 Å². The summed E-state index contributed by atoms with van der Waals surface area (Å²) in [5.74, 6) is 0.0191. The Hall–Kier alpha value is -1.48. The smallest absolute Gasteiger partial charge is 0.277 e. The summed E-state index contributed by atoms with van der Waals surface area (Å²) in [4.78, 5) is 11.8. The summed E-state index contributed by atoms with van der Waals surface area (Å²) in [6, 6.07) is 6.26. The Kier molecular flexibility index (Phi) is 7.57. The number of aromatic hydroxyl groups is 1. The van der Waals surface area contributed by atoms with E-state index in [0.717, 1.165) is 0 Å². The number of hydrogen-bond donors (Lipinski definition) is 2. The zero-order valence-corrected chi connectivity index (χ0v) is 17.9. The van der Waals surface area contributed by atoms with Crippen LogP contribution in [0.4, 0.5) is 0 Å². The zero-order valence-electron chi connectivity index (χ0n) is 13.2. The van der Waals surface area contributed by atoms with Crippen LogP contribution in [0.25, 0.3) is 0 Å². The number of phenolic OH excluding ortho intramolecular Hbond substituents is 1. The molecule has 138 valence electrons. The van der Waals surface area contributed by atoms with Gasteiger partial charge in [-0.3, -0.25) is 4.79 Å². The highest BCUT2D eigenvalue weighted by atomic mass is 79.9. The summed E-state index contributed by atoms with van der Waals surface area (Å²) < 4.78 is 11.3. The summed E-state index contributed by atoms with van der Waals surface area (Å²) >= 11 is 18.4. The van der Waals surface area contributed by atoms with Crippen molar-refractivity contribution in [3.8, 4) is 17.2 Å². The van der Waals surface area contributed by atoms with Crippen LogP contribution < -0.4 is 14.9 Å². The van der Waals surface area contributed by atoms with Crippen molar-refractivity contribution >= 4 is 67.2 Å². The van der Waals surface area contributed by atoms with Crippen LogP contribution in [-0.4, -0.2) is 30.9 Å². The highest BCUT2D eigenvalue weighted by Crippen LogP contribution is 2.41. The lowest BCUT2D eigenvalue weighted by molar-refractivity contribution is -0.123. The van der Waals surface area contributed by atoms with Gasteiger partial charge < -0.3 is 14.6 Å². The molecule has 0 spiro atoms. The first-order valence-electron chi connectivity index (χ1n) is 6.98. The number of carbonyl (C=O) groups is 1. The number of ether oxygens (including phenoxy) is 2. The molecule has 0 atom stereocenters. The Morgan fingerprint density at radius 2 is 2.00 bits per heavy atom. The van der Waals surface area contributed by atoms with E-state index in [4.69, 9.17) is 32.7 Å². The summed E-state index contributed by atoms with van der Waals surface area (Å²) in [7, 11) is 1.43. The highest BCUT2D eigenvalue weighted by Gasteiger charge is 2.14. The number of amides is 1. The number of methoxy groups -OCH3 is 1. The Morgan fingerprint density at radius 1 is 1.27 bits per heavy atom. The van der Waals surface area contributed by atoms with E-state index >= 15 is 0 Å². The van der Waals surface area contributed by atoms with Crippen molar-refractivity contribution < 1.29 is 19.4 Å². The van der Waals surface area contributed by atoms with Crippen molar-refractivity contribution in [2.45, 2.75) is 0 Å². The van der Waals surface area contributed by atoms with E-state index in [1.54, 1.807) is 18.2 Å². The Morgan fingerprint density at radius 3 is 2.69 bits per heavy atom. The number of carbonyl (C=O) groups excluding carboxylic acids is 1. The second kappa shape index (κ2) is 9.45. The van der Waals surface area contributed by atoms with Gasteiger partial charge in [-0.2, -0.15) is 5.10 Å². The topological polar surface area (TPSA) is 80.2 Å². The predicted molar refractivity (Wildman–Crippen MR) is 108 cm³/mol. The summed E-state index contributed by atoms with van der Waals surface area (Å²) in [5, 5.41) is 14.5. The van der Waals surface area contributed by atoms with E-state index in [2.05, 4.69) is 42.4 Å². The highest BCUT2D eigenvalue weighted by molar-refractivity contribution is 9.13. The molecule has 2 aromatic rings. The van der Waals surface area contributed by atoms with Crippen LogP contribution in [0, 0.1) is 0 Å². The van der Waals surface area contributed by atoms with Gasteiger partial charge >= 0.3 is 0 Å². The molecule has 6 nitrogen and oxygen atoms in total. The fraction of sp³-hybridized carbons (Fsp3) is 0.125. The number of hydrogen-bond acceptors (Lipinski definition) is 5. The number of halogens is 4. The maximum atomic E-state index is 11.8. The normalized spacial score (nSPS) is 10.8. The van der Waals surface area contributed by atoms with Crippen LogP contribution in [0.1, 0.15) is 5.56 Å². The number of hydrazone groups is 1. The molecule has 2 rings (SSSR count). The lowest BCUT2D eigenvalue weighted by Gasteiger charge is -2.09. The van der Waals surface area contributed by atoms with E-state index in [0.29, 0.717) is 30.3 Å². The second-order valence-corrected chi connectivity index (χ2v) is 7.23. The molecule has 0 aliphatic heterocycles. The van der Waals surface area contributed by atoms with Crippen molar-refractivity contribution in [1.29, 1.82) is 0 Å². The molecule has 0 bridgehead atoms. The standard InChI is InChI=1S/C16H12Br2Cl2N2O4/c1-25-12-4-8(14(17)15(18)16(12)24)6-21-22-13(23)7-26-11-5-9(19)2-3-10(11)20/h2-6,24H,7H2,1H3,(H,22,23). The molecule has 2 N–H and O–H groups in total. The van der Waals surface area contributed by atoms with Crippen molar-refractivity contribution in [2.24, 2.45) is 5.10 Å². The third kappa shape index (κ3) is 5.26. The molecule has 0 saturated carbocycles. The fourth-order valence-electron chi connectivity index (χ4n) is 1.80. The van der Waals surface area contributed by atoms with Gasteiger partial charge in [-0.1, -0.05) is 23.2 Å². The molecule has 0 aliphatic carbocycles. The van der Waals surface area contributed by atoms with Gasteiger partial charge in [-0.25, -0.2) is 5.43 Å². The van der Waals surface area contributed by atoms with Crippen molar-refractivity contribution in [3.63, 3.8) is 0 Å². The maximum Gasteiger partial charge on any atom is 0.277 e. The average Bonchev–Trinajstić information content (AvgIpc) is 2.62. The zero-order chi connectivity index (χ0) is 19.3. The van der Waals surface area contributed by atoms with E-state index in [1.165, 1.54) is 19.4 Å². The van der Waals surface area contributed by atoms with Crippen LogP contribution in [0.3, 0.4) is 0 Å². The lowest BCUT2D eigenvalue weighted by Crippen LogP contribution is -2.24. The molecular formula is C16H12Br2Cl2N2O4. The van der Waals surface area contributed by atoms with Crippen molar-refractivity contribution in [1.82, 2.24) is 5.43 Å². The molecule has 10 heteroatoms. The monoisotopic (exact) mass is 524 g/mol. The molecule has 0 aromatic heterocycles. The summed E-state index contributed by atoms with van der Waals surface area (Å²) in [5.41, 5.74) is 2.90. The Labute approximate surface area is 176 Å². The molecule has 2 aromatic carbocycles. The van der Waals surface area contributed by atoms with Gasteiger partial charge in [0.1, 0.15) is 5.75 Å². The Bertz CT molecular complexity index is 863. The Balaban J connectivity index is 1.99. The molecule has 0 radical (unpaired) electrons. The van der Waals surface area contributed by atoms with Gasteiger partial charge in [0.15, 0.2) is 18.1 Å². The van der Waals surface area contributed by atoms with E-state index in [-0.39, 0.29) is 18.1 Å². The summed E-state index contributed by atoms with van der Waals surface area (Å²) in [6.07, 6.45) is 1.39. The SMILES string of the molecule is COc1cc(C=NNC(=O)COc2cc(Cl)ccc2Cl)c(Br)c(Br)c1O. The molecule has 0 aliphatic rings. The van der Waals surface area contributed by atoms with Gasteiger partial charge in [0.05, 0.1) is 22.8 Å². The van der Waals surface area contributed by atoms with Crippen LogP contribution in [0.15, 0.2) is 38.3 Å². The van der Waals surface area contributed by atoms with Crippen LogP contribution >= 0.6 is 55.1 Å². The second-order valence-electron chi connectivity index (χ2n) is 4.80. The largest absolute Gasteiger partial charge is 0.503 e. The molecule has 0 saturated heterocycles. The van der Waals surface area contributed by atoms with Gasteiger partial charge in [0.25, 0.3) is 5.91 Å². The third-order valence-electron chi connectivity index (χ3n) is 3.04.